The summed E-state index contributed by atoms with van der Waals surface area (Å²) in [6.45, 7) is 3.92. The van der Waals surface area contributed by atoms with E-state index in [1.807, 2.05) is 6.92 Å². The highest BCUT2D eigenvalue weighted by molar-refractivity contribution is 5.71. The van der Waals surface area contributed by atoms with Crippen LogP contribution in [0.3, 0.4) is 0 Å². The molecule has 0 aliphatic heterocycles. The van der Waals surface area contributed by atoms with Gasteiger partial charge in [0.1, 0.15) is 5.75 Å². The van der Waals surface area contributed by atoms with Crippen LogP contribution in [0.25, 0.3) is 0 Å². The van der Waals surface area contributed by atoms with Crippen molar-refractivity contribution in [3.8, 4) is 5.75 Å². The van der Waals surface area contributed by atoms with Crippen molar-refractivity contribution in [2.75, 3.05) is 13.2 Å². The van der Waals surface area contributed by atoms with Crippen LogP contribution >= 0.6 is 0 Å². The van der Waals surface area contributed by atoms with Crippen molar-refractivity contribution in [2.45, 2.75) is 26.4 Å². The number of carbonyl (C=O) groups is 1. The minimum Gasteiger partial charge on any atom is -0.482 e. The summed E-state index contributed by atoms with van der Waals surface area (Å²) in [5.41, 5.74) is 0.844. The van der Waals surface area contributed by atoms with Crippen molar-refractivity contribution in [2.24, 2.45) is 0 Å². The molecule has 0 bridgehead atoms. The summed E-state index contributed by atoms with van der Waals surface area (Å²) in [5, 5.41) is 9.59. The van der Waals surface area contributed by atoms with E-state index in [1.165, 1.54) is 0 Å². The highest BCUT2D eigenvalue weighted by Gasteiger charge is 2.06. The van der Waals surface area contributed by atoms with Crippen LogP contribution < -0.4 is 4.74 Å². The maximum absolute atomic E-state index is 11.1. The molecule has 1 aromatic carbocycles. The number of benzene rings is 1. The number of ether oxygens (including phenoxy) is 2. The van der Waals surface area contributed by atoms with E-state index < -0.39 is 6.10 Å². The number of carbonyl (C=O) groups excluding carboxylic acids is 1. The Balaban J connectivity index is 2.48. The normalized spacial score (nSPS) is 11.9. The average molecular weight is 238 g/mol. The minimum absolute atomic E-state index is 0.0937. The Morgan fingerprint density at radius 2 is 1.94 bits per heavy atom. The number of aliphatic hydroxyl groups excluding tert-OH is 1. The van der Waals surface area contributed by atoms with Crippen molar-refractivity contribution in [3.63, 3.8) is 0 Å². The van der Waals surface area contributed by atoms with Crippen LogP contribution in [0.4, 0.5) is 0 Å². The second kappa shape index (κ2) is 6.91. The van der Waals surface area contributed by atoms with Gasteiger partial charge in [0.05, 0.1) is 12.7 Å². The van der Waals surface area contributed by atoms with Crippen LogP contribution in [-0.4, -0.2) is 24.3 Å². The third-order valence-corrected chi connectivity index (χ3v) is 2.31. The molecule has 0 aliphatic rings. The molecule has 0 heterocycles. The summed E-state index contributed by atoms with van der Waals surface area (Å²) in [4.78, 5) is 11.1. The summed E-state index contributed by atoms with van der Waals surface area (Å²) >= 11 is 0. The van der Waals surface area contributed by atoms with Crippen molar-refractivity contribution >= 4 is 5.97 Å². The van der Waals surface area contributed by atoms with Gasteiger partial charge in [-0.2, -0.15) is 0 Å². The number of rotatable bonds is 6. The molecular formula is C13H18O4. The predicted molar refractivity (Wildman–Crippen MR) is 63.8 cm³/mol. The Labute approximate surface area is 101 Å². The molecule has 0 spiro atoms. The number of hydrogen-bond donors (Lipinski definition) is 1. The molecule has 1 atom stereocenters. The summed E-state index contributed by atoms with van der Waals surface area (Å²) < 4.78 is 9.97. The van der Waals surface area contributed by atoms with Gasteiger partial charge in [0.25, 0.3) is 0 Å². The zero-order valence-electron chi connectivity index (χ0n) is 10.2. The monoisotopic (exact) mass is 238 g/mol. The van der Waals surface area contributed by atoms with E-state index in [1.54, 1.807) is 31.2 Å². The number of esters is 1. The van der Waals surface area contributed by atoms with Crippen LogP contribution in [0.2, 0.25) is 0 Å². The minimum atomic E-state index is -0.450. The van der Waals surface area contributed by atoms with Gasteiger partial charge in [0.15, 0.2) is 6.61 Å². The molecule has 0 saturated heterocycles. The Morgan fingerprint density at radius 3 is 2.47 bits per heavy atom. The predicted octanol–water partition coefficient (Wildman–Crippen LogP) is 2.07. The molecular weight excluding hydrogens is 220 g/mol. The lowest BCUT2D eigenvalue weighted by Crippen LogP contribution is -2.14. The molecule has 94 valence electrons. The third-order valence-electron chi connectivity index (χ3n) is 2.31. The molecule has 1 N–H and O–H groups in total. The van der Waals surface area contributed by atoms with Gasteiger partial charge < -0.3 is 14.6 Å². The molecule has 4 nitrogen and oxygen atoms in total. The van der Waals surface area contributed by atoms with Gasteiger partial charge in [-0.15, -0.1) is 0 Å². The second-order valence-corrected chi connectivity index (χ2v) is 3.59. The molecule has 0 aliphatic carbocycles. The summed E-state index contributed by atoms with van der Waals surface area (Å²) in [6, 6.07) is 7.03. The van der Waals surface area contributed by atoms with E-state index in [0.717, 1.165) is 5.56 Å². The Hall–Kier alpha value is -1.55. The van der Waals surface area contributed by atoms with Crippen molar-refractivity contribution in [3.05, 3.63) is 29.8 Å². The van der Waals surface area contributed by atoms with Gasteiger partial charge in [0, 0.05) is 0 Å². The lowest BCUT2D eigenvalue weighted by Gasteiger charge is -2.09. The van der Waals surface area contributed by atoms with Gasteiger partial charge in [-0.25, -0.2) is 4.79 Å². The second-order valence-electron chi connectivity index (χ2n) is 3.59. The Kier molecular flexibility index (Phi) is 5.49. The van der Waals surface area contributed by atoms with Crippen molar-refractivity contribution in [1.82, 2.24) is 0 Å². The van der Waals surface area contributed by atoms with Crippen molar-refractivity contribution < 1.29 is 19.4 Å². The topological polar surface area (TPSA) is 55.8 Å². The molecule has 4 heteroatoms. The number of aliphatic hydroxyl groups is 1. The first-order chi connectivity index (χ1) is 8.17. The molecule has 17 heavy (non-hydrogen) atoms. The first-order valence-corrected chi connectivity index (χ1v) is 5.73. The third kappa shape index (κ3) is 4.44. The molecule has 0 aromatic heterocycles. The van der Waals surface area contributed by atoms with E-state index in [0.29, 0.717) is 18.8 Å². The fraction of sp³-hybridized carbons (Fsp3) is 0.462. The SMILES string of the molecule is CCOC(=O)COc1ccc([C@@H](O)CC)cc1. The zero-order valence-corrected chi connectivity index (χ0v) is 10.2. The molecule has 0 saturated carbocycles. The van der Waals surface area contributed by atoms with Gasteiger partial charge in [0.2, 0.25) is 0 Å². The average Bonchev–Trinajstić information content (AvgIpc) is 2.36. The highest BCUT2D eigenvalue weighted by Crippen LogP contribution is 2.19. The molecule has 1 aromatic rings. The van der Waals surface area contributed by atoms with Crippen LogP contribution in [-0.2, 0) is 9.53 Å². The first kappa shape index (κ1) is 13.5. The van der Waals surface area contributed by atoms with Crippen molar-refractivity contribution in [1.29, 1.82) is 0 Å². The highest BCUT2D eigenvalue weighted by atomic mass is 16.6. The van der Waals surface area contributed by atoms with E-state index in [2.05, 4.69) is 0 Å². The van der Waals surface area contributed by atoms with E-state index in [4.69, 9.17) is 9.47 Å². The van der Waals surface area contributed by atoms with Gasteiger partial charge in [-0.3, -0.25) is 0 Å². The zero-order chi connectivity index (χ0) is 12.7. The maximum atomic E-state index is 11.1. The summed E-state index contributed by atoms with van der Waals surface area (Å²) in [6.07, 6.45) is 0.220. The maximum Gasteiger partial charge on any atom is 0.344 e. The van der Waals surface area contributed by atoms with Gasteiger partial charge in [-0.05, 0) is 31.0 Å². The fourth-order valence-electron chi connectivity index (χ4n) is 1.37. The molecule has 1 rings (SSSR count). The van der Waals surface area contributed by atoms with Crippen LogP contribution in [0.5, 0.6) is 5.75 Å². The standard InChI is InChI=1S/C13H18O4/c1-3-12(14)10-5-7-11(8-6-10)17-9-13(15)16-4-2/h5-8,12,14H,3-4,9H2,1-2H3/t12-/m0/s1. The van der Waals surface area contributed by atoms with Crippen LogP contribution in [0.1, 0.15) is 31.9 Å². The van der Waals surface area contributed by atoms with E-state index in [-0.39, 0.29) is 12.6 Å². The smallest absolute Gasteiger partial charge is 0.344 e. The molecule has 0 unspecified atom stereocenters. The quantitative estimate of drug-likeness (QED) is 0.771. The van der Waals surface area contributed by atoms with Gasteiger partial charge >= 0.3 is 5.97 Å². The fourth-order valence-corrected chi connectivity index (χ4v) is 1.37. The number of hydrogen-bond acceptors (Lipinski definition) is 4. The lowest BCUT2D eigenvalue weighted by atomic mass is 10.1. The van der Waals surface area contributed by atoms with E-state index in [9.17, 15) is 9.90 Å². The molecule has 0 fully saturated rings. The van der Waals surface area contributed by atoms with Crippen LogP contribution in [0.15, 0.2) is 24.3 Å². The Bertz CT molecular complexity index is 345. The van der Waals surface area contributed by atoms with Gasteiger partial charge in [-0.1, -0.05) is 19.1 Å². The first-order valence-electron chi connectivity index (χ1n) is 5.73. The molecule has 0 radical (unpaired) electrons. The Morgan fingerprint density at radius 1 is 1.29 bits per heavy atom. The van der Waals surface area contributed by atoms with Crippen LogP contribution in [0, 0.1) is 0 Å². The summed E-state index contributed by atoms with van der Waals surface area (Å²) in [5.74, 6) is 0.204. The largest absolute Gasteiger partial charge is 0.482 e. The summed E-state index contributed by atoms with van der Waals surface area (Å²) in [7, 11) is 0. The van der Waals surface area contributed by atoms with E-state index >= 15 is 0 Å². The lowest BCUT2D eigenvalue weighted by molar-refractivity contribution is -0.145. The molecule has 0 amide bonds.